The van der Waals surface area contributed by atoms with Crippen LogP contribution in [0.1, 0.15) is 51.7 Å². The topological polar surface area (TPSA) is 21.3 Å². The van der Waals surface area contributed by atoms with Crippen molar-refractivity contribution in [2.75, 3.05) is 13.2 Å². The summed E-state index contributed by atoms with van der Waals surface area (Å²) in [7, 11) is 0. The van der Waals surface area contributed by atoms with Crippen LogP contribution in [0, 0.1) is 12.8 Å². The van der Waals surface area contributed by atoms with Crippen LogP contribution in [0.5, 0.6) is 5.75 Å². The van der Waals surface area contributed by atoms with E-state index >= 15 is 0 Å². The first-order chi connectivity index (χ1) is 8.90. The van der Waals surface area contributed by atoms with Crippen molar-refractivity contribution in [2.24, 2.45) is 5.92 Å². The third-order valence-electron chi connectivity index (χ3n) is 3.27. The standard InChI is InChI=1S/C17H29NO/c1-12(2)17-8-7-16(9-15(17)6)19-11-14(5)10-18-13(3)4/h7-9,12-14,18H,10-11H2,1-6H3. The van der Waals surface area contributed by atoms with Gasteiger partial charge in [-0.2, -0.15) is 0 Å². The number of benzene rings is 1. The van der Waals surface area contributed by atoms with Gasteiger partial charge in [0.15, 0.2) is 0 Å². The minimum absolute atomic E-state index is 0.521. The lowest BCUT2D eigenvalue weighted by molar-refractivity contribution is 0.253. The molecule has 0 fully saturated rings. The molecule has 0 radical (unpaired) electrons. The summed E-state index contributed by atoms with van der Waals surface area (Å²) in [4.78, 5) is 0. The van der Waals surface area contributed by atoms with Crippen LogP contribution in [-0.4, -0.2) is 19.2 Å². The van der Waals surface area contributed by atoms with Gasteiger partial charge in [0.05, 0.1) is 6.61 Å². The van der Waals surface area contributed by atoms with Gasteiger partial charge in [-0.15, -0.1) is 0 Å². The molecule has 0 spiro atoms. The average Bonchev–Trinajstić information content (AvgIpc) is 2.33. The summed E-state index contributed by atoms with van der Waals surface area (Å²) in [6, 6.07) is 6.96. The third kappa shape index (κ3) is 5.65. The first kappa shape index (κ1) is 16.0. The summed E-state index contributed by atoms with van der Waals surface area (Å²) < 4.78 is 5.88. The third-order valence-corrected chi connectivity index (χ3v) is 3.27. The van der Waals surface area contributed by atoms with Crippen LogP contribution in [0.4, 0.5) is 0 Å². The Morgan fingerprint density at radius 3 is 2.32 bits per heavy atom. The molecule has 1 rings (SSSR count). The molecule has 0 aliphatic heterocycles. The fraction of sp³-hybridized carbons (Fsp3) is 0.647. The number of hydrogen-bond acceptors (Lipinski definition) is 2. The molecule has 0 aliphatic rings. The Kier molecular flexibility index (Phi) is 6.36. The van der Waals surface area contributed by atoms with E-state index in [2.05, 4.69) is 65.1 Å². The molecule has 1 atom stereocenters. The van der Waals surface area contributed by atoms with E-state index in [1.807, 2.05) is 0 Å². The lowest BCUT2D eigenvalue weighted by Crippen LogP contribution is -2.30. The summed E-state index contributed by atoms with van der Waals surface area (Å²) in [6.45, 7) is 14.9. The van der Waals surface area contributed by atoms with E-state index in [-0.39, 0.29) is 0 Å². The zero-order chi connectivity index (χ0) is 14.4. The van der Waals surface area contributed by atoms with Gasteiger partial charge in [-0.05, 0) is 36.1 Å². The molecule has 0 saturated carbocycles. The molecule has 1 aromatic carbocycles. The Morgan fingerprint density at radius 1 is 1.11 bits per heavy atom. The molecule has 2 nitrogen and oxygen atoms in total. The monoisotopic (exact) mass is 263 g/mol. The highest BCUT2D eigenvalue weighted by molar-refractivity contribution is 5.36. The maximum atomic E-state index is 5.88. The Balaban J connectivity index is 2.47. The Bertz CT molecular complexity index is 385. The van der Waals surface area contributed by atoms with Crippen LogP contribution >= 0.6 is 0 Å². The SMILES string of the molecule is Cc1cc(OCC(C)CNC(C)C)ccc1C(C)C. The largest absolute Gasteiger partial charge is 0.493 e. The molecule has 1 aromatic rings. The van der Waals surface area contributed by atoms with Crippen LogP contribution in [0.2, 0.25) is 0 Å². The van der Waals surface area contributed by atoms with Gasteiger partial charge in [-0.1, -0.05) is 40.7 Å². The van der Waals surface area contributed by atoms with Gasteiger partial charge in [0.1, 0.15) is 5.75 Å². The highest BCUT2D eigenvalue weighted by Gasteiger charge is 2.07. The van der Waals surface area contributed by atoms with Gasteiger partial charge in [-0.25, -0.2) is 0 Å². The van der Waals surface area contributed by atoms with Crippen molar-refractivity contribution in [3.05, 3.63) is 29.3 Å². The van der Waals surface area contributed by atoms with Crippen molar-refractivity contribution in [3.8, 4) is 5.75 Å². The lowest BCUT2D eigenvalue weighted by atomic mass is 9.98. The van der Waals surface area contributed by atoms with Crippen molar-refractivity contribution >= 4 is 0 Å². The highest BCUT2D eigenvalue weighted by atomic mass is 16.5. The van der Waals surface area contributed by atoms with Gasteiger partial charge >= 0.3 is 0 Å². The van der Waals surface area contributed by atoms with Crippen molar-refractivity contribution in [1.82, 2.24) is 5.32 Å². The number of rotatable bonds is 7. The van der Waals surface area contributed by atoms with Crippen LogP contribution in [-0.2, 0) is 0 Å². The Morgan fingerprint density at radius 2 is 1.79 bits per heavy atom. The van der Waals surface area contributed by atoms with Crippen LogP contribution < -0.4 is 10.1 Å². The Labute approximate surface area is 118 Å². The molecule has 0 bridgehead atoms. The summed E-state index contributed by atoms with van der Waals surface area (Å²) in [5, 5.41) is 3.44. The van der Waals surface area contributed by atoms with Gasteiger partial charge in [0, 0.05) is 18.5 Å². The van der Waals surface area contributed by atoms with Crippen molar-refractivity contribution in [1.29, 1.82) is 0 Å². The maximum absolute atomic E-state index is 5.88. The second-order valence-electron chi connectivity index (χ2n) is 6.15. The van der Waals surface area contributed by atoms with Crippen LogP contribution in [0.3, 0.4) is 0 Å². The van der Waals surface area contributed by atoms with E-state index < -0.39 is 0 Å². The molecule has 0 aromatic heterocycles. The number of aryl methyl sites for hydroxylation is 1. The van der Waals surface area contributed by atoms with E-state index in [1.54, 1.807) is 0 Å². The number of nitrogens with one attached hydrogen (secondary N) is 1. The molecule has 0 saturated heterocycles. The minimum Gasteiger partial charge on any atom is -0.493 e. The van der Waals surface area contributed by atoms with Gasteiger partial charge < -0.3 is 10.1 Å². The van der Waals surface area contributed by atoms with E-state index in [9.17, 15) is 0 Å². The zero-order valence-corrected chi connectivity index (χ0v) is 13.3. The fourth-order valence-corrected chi connectivity index (χ4v) is 2.12. The van der Waals surface area contributed by atoms with Crippen molar-refractivity contribution in [2.45, 2.75) is 53.5 Å². The molecule has 0 amide bonds. The summed E-state index contributed by atoms with van der Waals surface area (Å²) >= 11 is 0. The Hall–Kier alpha value is -1.02. The molecule has 2 heteroatoms. The first-order valence-electron chi connectivity index (χ1n) is 7.36. The quantitative estimate of drug-likeness (QED) is 0.798. The van der Waals surface area contributed by atoms with Gasteiger partial charge in [-0.3, -0.25) is 0 Å². The number of ether oxygens (including phenoxy) is 1. The lowest BCUT2D eigenvalue weighted by Gasteiger charge is -2.17. The predicted molar refractivity (Wildman–Crippen MR) is 83.1 cm³/mol. The molecule has 0 aliphatic carbocycles. The summed E-state index contributed by atoms with van der Waals surface area (Å²) in [6.07, 6.45) is 0. The van der Waals surface area contributed by atoms with Crippen molar-refractivity contribution in [3.63, 3.8) is 0 Å². The van der Waals surface area contributed by atoms with Crippen molar-refractivity contribution < 1.29 is 4.74 Å². The number of hydrogen-bond donors (Lipinski definition) is 1. The highest BCUT2D eigenvalue weighted by Crippen LogP contribution is 2.23. The molecular weight excluding hydrogens is 234 g/mol. The molecular formula is C17H29NO. The fourth-order valence-electron chi connectivity index (χ4n) is 2.12. The van der Waals surface area contributed by atoms with Crippen LogP contribution in [0.25, 0.3) is 0 Å². The zero-order valence-electron chi connectivity index (χ0n) is 13.3. The van der Waals surface area contributed by atoms with E-state index in [0.29, 0.717) is 17.9 Å². The molecule has 1 N–H and O–H groups in total. The molecule has 0 heterocycles. The summed E-state index contributed by atoms with van der Waals surface area (Å²) in [5.74, 6) is 2.08. The molecule has 19 heavy (non-hydrogen) atoms. The smallest absolute Gasteiger partial charge is 0.119 e. The van der Waals surface area contributed by atoms with Gasteiger partial charge in [0.2, 0.25) is 0 Å². The van der Waals surface area contributed by atoms with E-state index in [1.165, 1.54) is 11.1 Å². The van der Waals surface area contributed by atoms with Gasteiger partial charge in [0.25, 0.3) is 0 Å². The maximum Gasteiger partial charge on any atom is 0.119 e. The van der Waals surface area contributed by atoms with Crippen LogP contribution in [0.15, 0.2) is 18.2 Å². The second-order valence-corrected chi connectivity index (χ2v) is 6.15. The molecule has 1 unspecified atom stereocenters. The average molecular weight is 263 g/mol. The summed E-state index contributed by atoms with van der Waals surface area (Å²) in [5.41, 5.74) is 2.72. The second kappa shape index (κ2) is 7.54. The normalized spacial score (nSPS) is 13.1. The minimum atomic E-state index is 0.521. The van der Waals surface area contributed by atoms with E-state index in [0.717, 1.165) is 18.9 Å². The first-order valence-corrected chi connectivity index (χ1v) is 7.36. The van der Waals surface area contributed by atoms with E-state index in [4.69, 9.17) is 4.74 Å². The predicted octanol–water partition coefficient (Wildman–Crippen LogP) is 4.13. The molecule has 108 valence electrons.